The lowest BCUT2D eigenvalue weighted by molar-refractivity contribution is -0.141. The van der Waals surface area contributed by atoms with Crippen LogP contribution in [0.3, 0.4) is 0 Å². The third kappa shape index (κ3) is 3.15. The average Bonchev–Trinajstić information content (AvgIpc) is 3.07. The van der Waals surface area contributed by atoms with Gasteiger partial charge in [0.15, 0.2) is 0 Å². The van der Waals surface area contributed by atoms with Gasteiger partial charge >= 0.3 is 5.97 Å². The molecule has 4 nitrogen and oxygen atoms in total. The van der Waals surface area contributed by atoms with E-state index in [0.29, 0.717) is 18.9 Å². The van der Waals surface area contributed by atoms with Crippen LogP contribution in [0.15, 0.2) is 22.7 Å². The van der Waals surface area contributed by atoms with Gasteiger partial charge < -0.3 is 15.3 Å². The minimum Gasteiger partial charge on any atom is -0.481 e. The predicted octanol–water partition coefficient (Wildman–Crippen LogP) is 2.60. The van der Waals surface area contributed by atoms with Crippen LogP contribution in [-0.4, -0.2) is 42.7 Å². The first-order valence-corrected chi connectivity index (χ1v) is 8.28. The molecule has 0 aliphatic carbocycles. The zero-order chi connectivity index (χ0) is 15.0. The molecule has 2 N–H and O–H groups in total. The summed E-state index contributed by atoms with van der Waals surface area (Å²) in [6.07, 6.45) is 1.88. The summed E-state index contributed by atoms with van der Waals surface area (Å²) in [5, 5.41) is 12.4. The number of rotatable bonds is 3. The van der Waals surface area contributed by atoms with Gasteiger partial charge in [-0.1, -0.05) is 28.1 Å². The Morgan fingerprint density at radius 1 is 1.48 bits per heavy atom. The topological polar surface area (TPSA) is 52.6 Å². The van der Waals surface area contributed by atoms with E-state index >= 15 is 0 Å². The van der Waals surface area contributed by atoms with E-state index in [1.54, 1.807) is 0 Å². The van der Waals surface area contributed by atoms with Crippen molar-refractivity contribution in [3.05, 3.63) is 33.8 Å². The van der Waals surface area contributed by atoms with Gasteiger partial charge in [0, 0.05) is 23.6 Å². The highest BCUT2D eigenvalue weighted by Crippen LogP contribution is 2.35. The number of nitrogens with one attached hydrogen (secondary N) is 1. The molecule has 1 aromatic carbocycles. The third-order valence-electron chi connectivity index (χ3n) is 4.74. The number of nitrogens with zero attached hydrogens (tertiary/aromatic N) is 1. The first kappa shape index (κ1) is 15.0. The van der Waals surface area contributed by atoms with Crippen molar-refractivity contribution in [3.8, 4) is 0 Å². The number of carboxylic acids is 1. The summed E-state index contributed by atoms with van der Waals surface area (Å²) in [5.41, 5.74) is 2.55. The van der Waals surface area contributed by atoms with E-state index in [9.17, 15) is 4.79 Å². The van der Waals surface area contributed by atoms with Crippen molar-refractivity contribution >= 4 is 21.9 Å². The second-order valence-corrected chi connectivity index (χ2v) is 7.11. The molecule has 0 spiro atoms. The third-order valence-corrected chi connectivity index (χ3v) is 5.42. The van der Waals surface area contributed by atoms with Crippen LogP contribution in [-0.2, 0) is 4.79 Å². The fraction of sp³-hybridized carbons (Fsp3) is 0.562. The molecule has 2 aliphatic heterocycles. The fourth-order valence-corrected chi connectivity index (χ4v) is 4.18. The van der Waals surface area contributed by atoms with Crippen LogP contribution < -0.4 is 5.32 Å². The molecule has 0 aromatic heterocycles. The van der Waals surface area contributed by atoms with Crippen molar-refractivity contribution in [2.75, 3.05) is 26.7 Å². The maximum Gasteiger partial charge on any atom is 0.307 e. The van der Waals surface area contributed by atoms with Crippen LogP contribution in [0.4, 0.5) is 0 Å². The second kappa shape index (κ2) is 6.07. The molecule has 0 saturated carbocycles. The van der Waals surface area contributed by atoms with E-state index in [2.05, 4.69) is 51.4 Å². The van der Waals surface area contributed by atoms with Crippen molar-refractivity contribution < 1.29 is 9.90 Å². The average molecular weight is 353 g/mol. The molecule has 0 bridgehead atoms. The molecule has 2 aliphatic rings. The highest BCUT2D eigenvalue weighted by Gasteiger charge is 2.30. The minimum atomic E-state index is -0.699. The van der Waals surface area contributed by atoms with E-state index in [1.807, 2.05) is 0 Å². The summed E-state index contributed by atoms with van der Waals surface area (Å²) in [4.78, 5) is 13.4. The lowest BCUT2D eigenvalue weighted by Gasteiger charge is -2.16. The lowest BCUT2D eigenvalue weighted by Crippen LogP contribution is -2.17. The standard InChI is InChI=1S/C16H21BrN2O2/c1-19-5-4-11(9-19)13-3-2-10(6-14(13)17)15-7-12(8-18-15)16(20)21/h2-3,6,11-12,15,18H,4-5,7-9H2,1H3,(H,20,21). The summed E-state index contributed by atoms with van der Waals surface area (Å²) in [6, 6.07) is 6.68. The van der Waals surface area contributed by atoms with E-state index in [-0.39, 0.29) is 12.0 Å². The van der Waals surface area contributed by atoms with E-state index < -0.39 is 5.97 Å². The van der Waals surface area contributed by atoms with Crippen molar-refractivity contribution in [1.29, 1.82) is 0 Å². The first-order chi connectivity index (χ1) is 10.0. The molecule has 2 fully saturated rings. The van der Waals surface area contributed by atoms with Gasteiger partial charge in [0.05, 0.1) is 5.92 Å². The molecule has 5 heteroatoms. The summed E-state index contributed by atoms with van der Waals surface area (Å²) in [7, 11) is 2.16. The van der Waals surface area contributed by atoms with Crippen molar-refractivity contribution in [3.63, 3.8) is 0 Å². The van der Waals surface area contributed by atoms with E-state index in [0.717, 1.165) is 17.6 Å². The van der Waals surface area contributed by atoms with Gasteiger partial charge in [-0.25, -0.2) is 0 Å². The quantitative estimate of drug-likeness (QED) is 0.877. The highest BCUT2D eigenvalue weighted by molar-refractivity contribution is 9.10. The molecule has 0 radical (unpaired) electrons. The molecule has 3 rings (SSSR count). The van der Waals surface area contributed by atoms with E-state index in [1.165, 1.54) is 17.5 Å². The van der Waals surface area contributed by atoms with Crippen LogP contribution in [0.2, 0.25) is 0 Å². The Morgan fingerprint density at radius 2 is 2.29 bits per heavy atom. The molecular formula is C16H21BrN2O2. The number of aliphatic carboxylic acids is 1. The molecule has 21 heavy (non-hydrogen) atoms. The molecule has 2 saturated heterocycles. The van der Waals surface area contributed by atoms with Crippen LogP contribution in [0.1, 0.15) is 35.9 Å². The normalized spacial score (nSPS) is 29.9. The van der Waals surface area contributed by atoms with E-state index in [4.69, 9.17) is 5.11 Å². The number of hydrogen-bond acceptors (Lipinski definition) is 3. The summed E-state index contributed by atoms with van der Waals surface area (Å²) < 4.78 is 1.15. The minimum absolute atomic E-state index is 0.155. The Kier molecular flexibility index (Phi) is 4.33. The van der Waals surface area contributed by atoms with Gasteiger partial charge in [-0.2, -0.15) is 0 Å². The number of likely N-dealkylation sites (tertiary alicyclic amines) is 1. The SMILES string of the molecule is CN1CCC(c2ccc(C3CC(C(=O)O)CN3)cc2Br)C1. The second-order valence-electron chi connectivity index (χ2n) is 6.26. The van der Waals surface area contributed by atoms with Gasteiger partial charge in [-0.15, -0.1) is 0 Å². The molecule has 114 valence electrons. The molecule has 3 unspecified atom stereocenters. The number of carbonyl (C=O) groups is 1. The monoisotopic (exact) mass is 352 g/mol. The van der Waals surface area contributed by atoms with Crippen LogP contribution in [0, 0.1) is 5.92 Å². The number of carboxylic acid groups (broad SMARTS) is 1. The van der Waals surface area contributed by atoms with Crippen molar-refractivity contribution in [1.82, 2.24) is 10.2 Å². The van der Waals surface area contributed by atoms with Crippen LogP contribution >= 0.6 is 15.9 Å². The van der Waals surface area contributed by atoms with Crippen molar-refractivity contribution in [2.24, 2.45) is 5.92 Å². The summed E-state index contributed by atoms with van der Waals surface area (Å²) in [6.45, 7) is 2.83. The number of likely N-dealkylation sites (N-methyl/N-ethyl adjacent to an activating group) is 1. The maximum atomic E-state index is 11.1. The number of halogens is 1. The Morgan fingerprint density at radius 3 is 2.86 bits per heavy atom. The van der Waals surface area contributed by atoms with Crippen molar-refractivity contribution in [2.45, 2.75) is 24.8 Å². The number of benzene rings is 1. The molecule has 2 heterocycles. The van der Waals surface area contributed by atoms with Gasteiger partial charge in [0.25, 0.3) is 0 Å². The molecular weight excluding hydrogens is 332 g/mol. The molecule has 1 aromatic rings. The van der Waals surface area contributed by atoms with Gasteiger partial charge in [-0.05, 0) is 49.5 Å². The largest absolute Gasteiger partial charge is 0.481 e. The summed E-state index contributed by atoms with van der Waals surface area (Å²) in [5.74, 6) is -0.367. The Hall–Kier alpha value is -0.910. The maximum absolute atomic E-state index is 11.1. The zero-order valence-corrected chi connectivity index (χ0v) is 13.8. The smallest absolute Gasteiger partial charge is 0.307 e. The molecule has 3 atom stereocenters. The van der Waals surface area contributed by atoms with Gasteiger partial charge in [0.1, 0.15) is 0 Å². The Balaban J connectivity index is 1.74. The lowest BCUT2D eigenvalue weighted by atomic mass is 9.94. The predicted molar refractivity (Wildman–Crippen MR) is 85.5 cm³/mol. The van der Waals surface area contributed by atoms with Crippen LogP contribution in [0.25, 0.3) is 0 Å². The van der Waals surface area contributed by atoms with Gasteiger partial charge in [-0.3, -0.25) is 4.79 Å². The fourth-order valence-electron chi connectivity index (χ4n) is 3.46. The van der Waals surface area contributed by atoms with Gasteiger partial charge in [0.2, 0.25) is 0 Å². The van der Waals surface area contributed by atoms with Crippen LogP contribution in [0.5, 0.6) is 0 Å². The Labute approximate surface area is 133 Å². The zero-order valence-electron chi connectivity index (χ0n) is 12.2. The molecule has 0 amide bonds. The highest BCUT2D eigenvalue weighted by atomic mass is 79.9. The Bertz CT molecular complexity index is 549. The number of hydrogen-bond donors (Lipinski definition) is 2. The first-order valence-electron chi connectivity index (χ1n) is 7.48. The summed E-state index contributed by atoms with van der Waals surface area (Å²) >= 11 is 3.71.